The summed E-state index contributed by atoms with van der Waals surface area (Å²) in [6.07, 6.45) is 3.94. The van der Waals surface area contributed by atoms with Crippen LogP contribution in [0, 0.1) is 0 Å². The van der Waals surface area contributed by atoms with Gasteiger partial charge in [-0.1, -0.05) is 47.4 Å². The van der Waals surface area contributed by atoms with E-state index in [0.29, 0.717) is 11.2 Å². The van der Waals surface area contributed by atoms with Crippen LogP contribution in [0.3, 0.4) is 0 Å². The summed E-state index contributed by atoms with van der Waals surface area (Å²) in [6.45, 7) is 1.59. The molecule has 0 N–H and O–H groups in total. The van der Waals surface area contributed by atoms with Crippen molar-refractivity contribution in [1.82, 2.24) is 15.2 Å². The highest BCUT2D eigenvalue weighted by molar-refractivity contribution is 8.00. The number of benzene rings is 1. The number of carbonyl (C=O) groups is 1. The van der Waals surface area contributed by atoms with Gasteiger partial charge in [0.05, 0.1) is 5.52 Å². The Bertz CT molecular complexity index is 886. The standard InChI is InChI=1S/C17H16N4OS2/c1-11(22)21(14-7-8-14)16-19-20-17(24-16)23-10-13-5-2-4-12-6-3-9-18-15(12)13/h2-6,9,14H,7-8,10H2,1H3. The zero-order chi connectivity index (χ0) is 16.5. The topological polar surface area (TPSA) is 59.0 Å². The summed E-state index contributed by atoms with van der Waals surface area (Å²) in [5.74, 6) is 0.829. The largest absolute Gasteiger partial charge is 0.284 e. The second-order valence-corrected chi connectivity index (χ2v) is 7.93. The number of nitrogens with zero attached hydrogens (tertiary/aromatic N) is 4. The smallest absolute Gasteiger partial charge is 0.225 e. The van der Waals surface area contributed by atoms with E-state index in [4.69, 9.17) is 0 Å². The van der Waals surface area contributed by atoms with Crippen molar-refractivity contribution in [2.75, 3.05) is 4.90 Å². The number of rotatable bonds is 5. The van der Waals surface area contributed by atoms with E-state index in [1.807, 2.05) is 12.3 Å². The molecule has 0 atom stereocenters. The molecule has 1 aliphatic rings. The molecule has 2 heterocycles. The van der Waals surface area contributed by atoms with Gasteiger partial charge in [-0.05, 0) is 24.5 Å². The minimum atomic E-state index is 0.0449. The van der Waals surface area contributed by atoms with Gasteiger partial charge in [0.2, 0.25) is 11.0 Å². The minimum absolute atomic E-state index is 0.0449. The van der Waals surface area contributed by atoms with Crippen molar-refractivity contribution >= 4 is 45.0 Å². The van der Waals surface area contributed by atoms with Gasteiger partial charge in [0, 0.05) is 30.3 Å². The highest BCUT2D eigenvalue weighted by Gasteiger charge is 2.34. The van der Waals surface area contributed by atoms with Gasteiger partial charge in [-0.2, -0.15) is 0 Å². The lowest BCUT2D eigenvalue weighted by Gasteiger charge is -2.15. The Kier molecular flexibility index (Phi) is 4.20. The van der Waals surface area contributed by atoms with E-state index in [0.717, 1.165) is 33.8 Å². The van der Waals surface area contributed by atoms with Crippen LogP contribution in [-0.4, -0.2) is 27.1 Å². The average molecular weight is 356 g/mol. The third kappa shape index (κ3) is 3.14. The fourth-order valence-electron chi connectivity index (χ4n) is 2.66. The van der Waals surface area contributed by atoms with Crippen LogP contribution in [-0.2, 0) is 10.5 Å². The average Bonchev–Trinajstić information content (AvgIpc) is 3.30. The molecule has 5 nitrogen and oxygen atoms in total. The van der Waals surface area contributed by atoms with E-state index in [1.54, 1.807) is 23.6 Å². The van der Waals surface area contributed by atoms with E-state index in [2.05, 4.69) is 39.4 Å². The van der Waals surface area contributed by atoms with Crippen molar-refractivity contribution in [3.63, 3.8) is 0 Å². The molecule has 1 aromatic carbocycles. The molecule has 7 heteroatoms. The van der Waals surface area contributed by atoms with Crippen LogP contribution < -0.4 is 4.90 Å². The van der Waals surface area contributed by atoms with Crippen LogP contribution in [0.4, 0.5) is 5.13 Å². The zero-order valence-corrected chi connectivity index (χ0v) is 14.8. The molecule has 0 bridgehead atoms. The number of para-hydroxylation sites is 1. The van der Waals surface area contributed by atoms with Crippen LogP contribution in [0.1, 0.15) is 25.3 Å². The Morgan fingerprint density at radius 3 is 2.92 bits per heavy atom. The molecule has 24 heavy (non-hydrogen) atoms. The number of carbonyl (C=O) groups excluding carboxylic acids is 1. The SMILES string of the molecule is CC(=O)N(c1nnc(SCc2cccc3cccnc23)s1)C1CC1. The van der Waals surface area contributed by atoms with Crippen molar-refractivity contribution in [3.05, 3.63) is 42.1 Å². The molecule has 0 aliphatic heterocycles. The Labute approximate surface area is 148 Å². The first-order valence-corrected chi connectivity index (χ1v) is 9.61. The summed E-state index contributed by atoms with van der Waals surface area (Å²) in [5.41, 5.74) is 2.21. The van der Waals surface area contributed by atoms with Crippen molar-refractivity contribution < 1.29 is 4.79 Å². The number of pyridine rings is 1. The molecular formula is C17H16N4OS2. The maximum absolute atomic E-state index is 11.8. The Hall–Kier alpha value is -1.99. The maximum Gasteiger partial charge on any atom is 0.225 e. The van der Waals surface area contributed by atoms with Gasteiger partial charge in [0.25, 0.3) is 0 Å². The van der Waals surface area contributed by atoms with Gasteiger partial charge < -0.3 is 0 Å². The second-order valence-electron chi connectivity index (χ2n) is 5.75. The fourth-order valence-corrected chi connectivity index (χ4v) is 4.60. The quantitative estimate of drug-likeness (QED) is 0.513. The number of amides is 1. The van der Waals surface area contributed by atoms with Crippen molar-refractivity contribution in [1.29, 1.82) is 0 Å². The fraction of sp³-hybridized carbons (Fsp3) is 0.294. The van der Waals surface area contributed by atoms with E-state index >= 15 is 0 Å². The van der Waals surface area contributed by atoms with Gasteiger partial charge in [0.15, 0.2) is 4.34 Å². The first kappa shape index (κ1) is 15.5. The van der Waals surface area contributed by atoms with E-state index in [9.17, 15) is 4.79 Å². The lowest BCUT2D eigenvalue weighted by atomic mass is 10.1. The van der Waals surface area contributed by atoms with E-state index < -0.39 is 0 Å². The van der Waals surface area contributed by atoms with Gasteiger partial charge in [-0.25, -0.2) is 0 Å². The van der Waals surface area contributed by atoms with Crippen molar-refractivity contribution in [3.8, 4) is 0 Å². The van der Waals surface area contributed by atoms with E-state index in [1.165, 1.54) is 16.9 Å². The molecule has 0 unspecified atom stereocenters. The monoisotopic (exact) mass is 356 g/mol. The van der Waals surface area contributed by atoms with Gasteiger partial charge in [0.1, 0.15) is 0 Å². The van der Waals surface area contributed by atoms with Gasteiger partial charge >= 0.3 is 0 Å². The molecular weight excluding hydrogens is 340 g/mol. The Morgan fingerprint density at radius 1 is 1.29 bits per heavy atom. The van der Waals surface area contributed by atoms with Crippen LogP contribution >= 0.6 is 23.1 Å². The van der Waals surface area contributed by atoms with Crippen LogP contribution in [0.25, 0.3) is 10.9 Å². The molecule has 0 spiro atoms. The molecule has 1 aliphatic carbocycles. The van der Waals surface area contributed by atoms with Gasteiger partial charge in [-0.3, -0.25) is 14.7 Å². The Morgan fingerprint density at radius 2 is 2.12 bits per heavy atom. The molecule has 122 valence electrons. The second kappa shape index (κ2) is 6.49. The Balaban J connectivity index is 1.51. The van der Waals surface area contributed by atoms with Crippen molar-refractivity contribution in [2.24, 2.45) is 0 Å². The molecule has 3 aromatic rings. The molecule has 1 fully saturated rings. The number of thioether (sulfide) groups is 1. The summed E-state index contributed by atoms with van der Waals surface area (Å²) in [4.78, 5) is 18.1. The number of fused-ring (bicyclic) bond motifs is 1. The summed E-state index contributed by atoms with van der Waals surface area (Å²) in [7, 11) is 0. The predicted molar refractivity (Wildman–Crippen MR) is 97.4 cm³/mol. The first-order valence-electron chi connectivity index (χ1n) is 7.81. The number of aromatic nitrogens is 3. The lowest BCUT2D eigenvalue weighted by Crippen LogP contribution is -2.30. The molecule has 2 aromatic heterocycles. The number of anilines is 1. The zero-order valence-electron chi connectivity index (χ0n) is 13.2. The third-order valence-corrected chi connectivity index (χ3v) is 6.03. The molecule has 4 rings (SSSR count). The summed E-state index contributed by atoms with van der Waals surface area (Å²) in [5, 5.41) is 10.3. The first-order chi connectivity index (χ1) is 11.7. The van der Waals surface area contributed by atoms with E-state index in [-0.39, 0.29) is 5.91 Å². The molecule has 1 amide bonds. The number of hydrogen-bond acceptors (Lipinski definition) is 6. The summed E-state index contributed by atoms with van der Waals surface area (Å²) >= 11 is 3.13. The van der Waals surface area contributed by atoms with Gasteiger partial charge in [-0.15, -0.1) is 10.2 Å². The highest BCUT2D eigenvalue weighted by Crippen LogP contribution is 2.36. The van der Waals surface area contributed by atoms with Crippen LogP contribution in [0.15, 0.2) is 40.9 Å². The minimum Gasteiger partial charge on any atom is -0.284 e. The van der Waals surface area contributed by atoms with Crippen LogP contribution in [0.2, 0.25) is 0 Å². The molecule has 0 radical (unpaired) electrons. The van der Waals surface area contributed by atoms with Crippen molar-refractivity contribution in [2.45, 2.75) is 35.9 Å². The highest BCUT2D eigenvalue weighted by atomic mass is 32.2. The summed E-state index contributed by atoms with van der Waals surface area (Å²) < 4.78 is 0.879. The third-order valence-electron chi connectivity index (χ3n) is 3.92. The maximum atomic E-state index is 11.8. The lowest BCUT2D eigenvalue weighted by molar-refractivity contribution is -0.116. The molecule has 0 saturated heterocycles. The number of hydrogen-bond donors (Lipinski definition) is 0. The predicted octanol–water partition coefficient (Wildman–Crippen LogP) is 3.89. The summed E-state index contributed by atoms with van der Waals surface area (Å²) in [6, 6.07) is 10.5. The molecule has 1 saturated carbocycles. The normalized spacial score (nSPS) is 14.0. The van der Waals surface area contributed by atoms with Crippen LogP contribution in [0.5, 0.6) is 0 Å².